The zero-order valence-electron chi connectivity index (χ0n) is 13.2. The fourth-order valence-electron chi connectivity index (χ4n) is 1.70. The molecule has 1 amide bonds. The smallest absolute Gasteiger partial charge is 0.341 e. The molecule has 0 radical (unpaired) electrons. The molecule has 0 aliphatic heterocycles. The van der Waals surface area contributed by atoms with Crippen LogP contribution in [0.15, 0.2) is 0 Å². The lowest BCUT2D eigenvalue weighted by Crippen LogP contribution is -2.38. The fraction of sp³-hybridized carbons (Fsp3) is 0.923. The topological polar surface area (TPSA) is 64.6 Å². The van der Waals surface area contributed by atoms with Crippen LogP contribution in [0.4, 0.5) is 0 Å². The van der Waals surface area contributed by atoms with Gasteiger partial charge in [0.05, 0.1) is 12.2 Å². The number of carbonyl (C=O) groups is 1. The van der Waals surface area contributed by atoms with Gasteiger partial charge < -0.3 is 14.4 Å². The Balaban J connectivity index is 5.25. The maximum absolute atomic E-state index is 13.0. The van der Waals surface area contributed by atoms with Gasteiger partial charge in [-0.15, -0.1) is 11.6 Å². The normalized spacial score (nSPS) is 14.1. The highest BCUT2D eigenvalue weighted by Gasteiger charge is 2.39. The number of hydrogen-bond donors (Lipinski definition) is 1. The lowest BCUT2D eigenvalue weighted by molar-refractivity contribution is -0.119. The number of rotatable bonds is 9. The van der Waals surface area contributed by atoms with Gasteiger partial charge in [0, 0.05) is 0 Å². The number of nitrogens with one attached hydrogen (secondary N) is 1. The van der Waals surface area contributed by atoms with Crippen molar-refractivity contribution >= 4 is 25.1 Å². The molecule has 5 nitrogen and oxygen atoms in total. The molecule has 0 aromatic rings. The first-order chi connectivity index (χ1) is 9.10. The third-order valence-corrected chi connectivity index (χ3v) is 5.02. The van der Waals surface area contributed by atoms with Crippen LogP contribution in [0.2, 0.25) is 0 Å². The van der Waals surface area contributed by atoms with Crippen molar-refractivity contribution in [3.63, 3.8) is 0 Å². The first-order valence-corrected chi connectivity index (χ1v) is 9.07. The quantitative estimate of drug-likeness (QED) is 0.517. The van der Waals surface area contributed by atoms with Crippen LogP contribution in [-0.2, 0) is 18.4 Å². The second-order valence-corrected chi connectivity index (χ2v) is 8.09. The number of carbonyl (C=O) groups excluding carboxylic acids is 1. The molecule has 0 fully saturated rings. The van der Waals surface area contributed by atoms with Crippen molar-refractivity contribution in [1.29, 1.82) is 0 Å². The van der Waals surface area contributed by atoms with Crippen molar-refractivity contribution in [3.05, 3.63) is 0 Å². The molecule has 0 spiro atoms. The molecule has 0 aliphatic carbocycles. The molecule has 1 atom stereocenters. The van der Waals surface area contributed by atoms with Gasteiger partial charge in [0.1, 0.15) is 11.7 Å². The van der Waals surface area contributed by atoms with Gasteiger partial charge in [0.25, 0.3) is 0 Å². The van der Waals surface area contributed by atoms with Gasteiger partial charge in [0.15, 0.2) is 0 Å². The molecule has 1 N–H and O–H groups in total. The van der Waals surface area contributed by atoms with Crippen molar-refractivity contribution in [1.82, 2.24) is 5.32 Å². The van der Waals surface area contributed by atoms with Crippen LogP contribution in [0.25, 0.3) is 0 Å². The van der Waals surface area contributed by atoms with E-state index in [1.165, 1.54) is 0 Å². The van der Waals surface area contributed by atoms with E-state index in [0.29, 0.717) is 6.42 Å². The molecule has 0 bridgehead atoms. The summed E-state index contributed by atoms with van der Waals surface area (Å²) in [5.41, 5.74) is 0. The minimum atomic E-state index is -3.45. The standard InChI is InChI=1S/C13H27ClNO4P/c1-9(2)7-13(15-12(16)8-14)20(17,18-10(3)4)19-11(5)6/h9-11,13H,7-8H2,1-6H3,(H,15,16)/t13-/m0/s1. The zero-order valence-corrected chi connectivity index (χ0v) is 14.8. The Morgan fingerprint density at radius 1 is 1.10 bits per heavy atom. The Morgan fingerprint density at radius 3 is 1.85 bits per heavy atom. The number of halogens is 1. The van der Waals surface area contributed by atoms with Gasteiger partial charge in [-0.2, -0.15) is 0 Å². The average molecular weight is 328 g/mol. The Morgan fingerprint density at radius 2 is 1.55 bits per heavy atom. The van der Waals surface area contributed by atoms with E-state index < -0.39 is 13.4 Å². The van der Waals surface area contributed by atoms with E-state index in [2.05, 4.69) is 5.32 Å². The van der Waals surface area contributed by atoms with E-state index in [9.17, 15) is 9.36 Å². The molecule has 0 aromatic heterocycles. The highest BCUT2D eigenvalue weighted by molar-refractivity contribution is 7.54. The minimum Gasteiger partial charge on any atom is -0.341 e. The molecule has 0 saturated heterocycles. The van der Waals surface area contributed by atoms with Crippen molar-refractivity contribution in [2.75, 3.05) is 5.88 Å². The SMILES string of the molecule is CC(C)C[C@@H](NC(=O)CCl)P(=O)(OC(C)C)OC(C)C. The first-order valence-electron chi connectivity index (χ1n) is 6.92. The maximum Gasteiger partial charge on any atom is 0.353 e. The molecule has 0 heterocycles. The lowest BCUT2D eigenvalue weighted by Gasteiger charge is -2.31. The van der Waals surface area contributed by atoms with Crippen molar-refractivity contribution in [2.24, 2.45) is 5.92 Å². The summed E-state index contributed by atoms with van der Waals surface area (Å²) in [7, 11) is -3.45. The van der Waals surface area contributed by atoms with Crippen LogP contribution >= 0.6 is 19.2 Å². The minimum absolute atomic E-state index is 0.183. The Hall–Kier alpha value is -0.0900. The lowest BCUT2D eigenvalue weighted by atomic mass is 10.1. The summed E-state index contributed by atoms with van der Waals surface area (Å²) in [6.45, 7) is 11.1. The summed E-state index contributed by atoms with van der Waals surface area (Å²) in [5.74, 6) is -1.01. The van der Waals surface area contributed by atoms with Gasteiger partial charge in [0.2, 0.25) is 5.91 Å². The predicted molar refractivity (Wildman–Crippen MR) is 82.2 cm³/mol. The van der Waals surface area contributed by atoms with E-state index in [1.807, 2.05) is 13.8 Å². The van der Waals surface area contributed by atoms with Crippen LogP contribution < -0.4 is 5.32 Å². The number of amides is 1. The van der Waals surface area contributed by atoms with Gasteiger partial charge in [-0.25, -0.2) is 0 Å². The molecular weight excluding hydrogens is 301 g/mol. The number of hydrogen-bond acceptors (Lipinski definition) is 4. The van der Waals surface area contributed by atoms with Crippen LogP contribution in [-0.4, -0.2) is 29.8 Å². The van der Waals surface area contributed by atoms with Crippen LogP contribution in [0, 0.1) is 5.92 Å². The monoisotopic (exact) mass is 327 g/mol. The van der Waals surface area contributed by atoms with Gasteiger partial charge >= 0.3 is 7.60 Å². The summed E-state index contributed by atoms with van der Waals surface area (Å²) in [6.07, 6.45) is -0.0244. The zero-order chi connectivity index (χ0) is 15.9. The van der Waals surface area contributed by atoms with Crippen molar-refractivity contribution in [3.8, 4) is 0 Å². The summed E-state index contributed by atoms with van der Waals surface area (Å²) < 4.78 is 24.1. The molecule has 0 rings (SSSR count). The molecule has 0 unspecified atom stereocenters. The highest BCUT2D eigenvalue weighted by atomic mass is 35.5. The Bertz CT molecular complexity index is 333. The summed E-state index contributed by atoms with van der Waals surface area (Å²) in [5, 5.41) is 2.67. The third kappa shape index (κ3) is 7.63. The van der Waals surface area contributed by atoms with Crippen molar-refractivity contribution < 1.29 is 18.4 Å². The third-order valence-electron chi connectivity index (χ3n) is 2.24. The van der Waals surface area contributed by atoms with E-state index in [4.69, 9.17) is 20.6 Å². The van der Waals surface area contributed by atoms with Gasteiger partial charge in [-0.1, -0.05) is 13.8 Å². The van der Waals surface area contributed by atoms with Crippen LogP contribution in [0.3, 0.4) is 0 Å². The van der Waals surface area contributed by atoms with Gasteiger partial charge in [-0.05, 0) is 40.0 Å². The van der Waals surface area contributed by atoms with Crippen LogP contribution in [0.1, 0.15) is 48.0 Å². The first kappa shape index (κ1) is 19.9. The van der Waals surface area contributed by atoms with E-state index in [0.717, 1.165) is 0 Å². The van der Waals surface area contributed by atoms with E-state index in [-0.39, 0.29) is 29.9 Å². The Kier molecular flexibility index (Phi) is 8.99. The predicted octanol–water partition coefficient (Wildman–Crippen LogP) is 3.76. The van der Waals surface area contributed by atoms with Gasteiger partial charge in [-0.3, -0.25) is 9.36 Å². The van der Waals surface area contributed by atoms with E-state index >= 15 is 0 Å². The van der Waals surface area contributed by atoms with E-state index in [1.54, 1.807) is 27.7 Å². The molecule has 20 heavy (non-hydrogen) atoms. The average Bonchev–Trinajstić information content (AvgIpc) is 2.24. The number of alkyl halides is 1. The fourth-order valence-corrected chi connectivity index (χ4v) is 4.28. The highest BCUT2D eigenvalue weighted by Crippen LogP contribution is 2.55. The summed E-state index contributed by atoms with van der Waals surface area (Å²) >= 11 is 5.51. The molecule has 0 aliphatic rings. The molecule has 7 heteroatoms. The van der Waals surface area contributed by atoms with Crippen molar-refractivity contribution in [2.45, 2.75) is 66.0 Å². The Labute approximate surface area is 127 Å². The molecular formula is C13H27ClNO4P. The molecule has 120 valence electrons. The second-order valence-electron chi connectivity index (χ2n) is 5.69. The summed E-state index contributed by atoms with van der Waals surface area (Å²) in [4.78, 5) is 11.5. The van der Waals surface area contributed by atoms with Crippen LogP contribution in [0.5, 0.6) is 0 Å². The second kappa shape index (κ2) is 9.04. The molecule has 0 saturated carbocycles. The maximum atomic E-state index is 13.0. The largest absolute Gasteiger partial charge is 0.353 e. The molecule has 0 aromatic carbocycles. The summed E-state index contributed by atoms with van der Waals surface area (Å²) in [6, 6.07) is 0.